The van der Waals surface area contributed by atoms with Crippen molar-refractivity contribution in [2.24, 2.45) is 29.1 Å². The monoisotopic (exact) mass is 608 g/mol. The Kier molecular flexibility index (Phi) is 9.26. The number of rotatable bonds is 11. The molecule has 1 saturated heterocycles. The number of halogens is 1. The van der Waals surface area contributed by atoms with Gasteiger partial charge in [0.25, 0.3) is 0 Å². The molecule has 1 aliphatic heterocycles. The predicted molar refractivity (Wildman–Crippen MR) is 157 cm³/mol. The van der Waals surface area contributed by atoms with Crippen LogP contribution in [0, 0.1) is 34.9 Å². The minimum absolute atomic E-state index is 0.0640. The number of ether oxygens (including phenoxy) is 1. The summed E-state index contributed by atoms with van der Waals surface area (Å²) in [6.07, 6.45) is 2.17. The summed E-state index contributed by atoms with van der Waals surface area (Å²) < 4.78 is 60.1. The standard InChI is InChI=1S/C30H46BFN2O7S/c1-18(2)13-25(31-40-24-16-20-15-23(29(20,6)7)30(24,8)41-31)34-27(36)19(14-26(35)39-28(3,4)5)17-33-42(37,38)22-11-9-21(32)10-12-22/h9-12,18-20,23-25,33H,13-17H2,1-8H3,(H,34,36)/t19-,20-,23-,24+,25-,30-/m0/s1. The number of hydrogen-bond acceptors (Lipinski definition) is 7. The molecule has 0 radical (unpaired) electrons. The molecule has 2 N–H and O–H groups in total. The Morgan fingerprint density at radius 3 is 2.36 bits per heavy atom. The Labute approximate surface area is 250 Å². The van der Waals surface area contributed by atoms with Crippen molar-refractivity contribution in [3.8, 4) is 0 Å². The van der Waals surface area contributed by atoms with Crippen LogP contribution in [0.25, 0.3) is 0 Å². The number of hydrogen-bond donors (Lipinski definition) is 2. The van der Waals surface area contributed by atoms with E-state index < -0.39 is 57.9 Å². The summed E-state index contributed by atoms with van der Waals surface area (Å²) in [6.45, 7) is 15.6. The first-order valence-electron chi connectivity index (χ1n) is 14.9. The lowest BCUT2D eigenvalue weighted by Gasteiger charge is -2.64. The second-order valence-corrected chi connectivity index (χ2v) is 16.1. The Hall–Kier alpha value is -2.02. The highest BCUT2D eigenvalue weighted by Crippen LogP contribution is 2.65. The van der Waals surface area contributed by atoms with Crippen molar-refractivity contribution in [2.75, 3.05) is 6.54 Å². The molecule has 2 bridgehead atoms. The van der Waals surface area contributed by atoms with Gasteiger partial charge in [-0.25, -0.2) is 17.5 Å². The molecule has 42 heavy (non-hydrogen) atoms. The molecule has 12 heteroatoms. The highest BCUT2D eigenvalue weighted by atomic mass is 32.2. The van der Waals surface area contributed by atoms with Crippen molar-refractivity contribution >= 4 is 29.0 Å². The van der Waals surface area contributed by atoms with E-state index in [1.54, 1.807) is 20.8 Å². The van der Waals surface area contributed by atoms with E-state index in [0.29, 0.717) is 18.3 Å². The molecule has 1 aromatic carbocycles. The third-order valence-corrected chi connectivity index (χ3v) is 10.6. The van der Waals surface area contributed by atoms with Gasteiger partial charge in [-0.1, -0.05) is 27.7 Å². The second-order valence-electron chi connectivity index (χ2n) is 14.4. The van der Waals surface area contributed by atoms with Crippen LogP contribution in [-0.2, 0) is 33.7 Å². The molecule has 4 fully saturated rings. The van der Waals surface area contributed by atoms with Crippen molar-refractivity contribution in [3.05, 3.63) is 30.1 Å². The zero-order valence-corrected chi connectivity index (χ0v) is 26.8. The van der Waals surface area contributed by atoms with Gasteiger partial charge in [-0.15, -0.1) is 0 Å². The van der Waals surface area contributed by atoms with Gasteiger partial charge in [-0.3, -0.25) is 9.59 Å². The fourth-order valence-corrected chi connectivity index (χ4v) is 7.95. The first-order chi connectivity index (χ1) is 19.3. The lowest BCUT2D eigenvalue weighted by atomic mass is 9.43. The van der Waals surface area contributed by atoms with Gasteiger partial charge < -0.3 is 19.4 Å². The van der Waals surface area contributed by atoms with E-state index in [1.165, 1.54) is 0 Å². The molecule has 0 unspecified atom stereocenters. The molecule has 3 aliphatic carbocycles. The van der Waals surface area contributed by atoms with Crippen LogP contribution in [0.15, 0.2) is 29.2 Å². The minimum atomic E-state index is -4.07. The number of sulfonamides is 1. The van der Waals surface area contributed by atoms with Gasteiger partial charge in [-0.2, -0.15) is 0 Å². The smallest absolute Gasteiger partial charge is 0.460 e. The van der Waals surface area contributed by atoms with Crippen molar-refractivity contribution in [1.82, 2.24) is 10.0 Å². The average Bonchev–Trinajstić information content (AvgIpc) is 3.22. The van der Waals surface area contributed by atoms with Crippen LogP contribution < -0.4 is 10.0 Å². The lowest BCUT2D eigenvalue weighted by Crippen LogP contribution is -2.65. The highest BCUT2D eigenvalue weighted by molar-refractivity contribution is 7.89. The first kappa shape index (κ1) is 32.9. The molecule has 1 aromatic rings. The van der Waals surface area contributed by atoms with Gasteiger partial charge in [0.1, 0.15) is 11.4 Å². The van der Waals surface area contributed by atoms with E-state index in [4.69, 9.17) is 14.0 Å². The summed E-state index contributed by atoms with van der Waals surface area (Å²) in [6, 6.07) is 4.36. The predicted octanol–water partition coefficient (Wildman–Crippen LogP) is 4.25. The van der Waals surface area contributed by atoms with Crippen LogP contribution in [-0.4, -0.2) is 57.2 Å². The van der Waals surface area contributed by atoms with Crippen molar-refractivity contribution in [3.63, 3.8) is 0 Å². The van der Waals surface area contributed by atoms with Crippen LogP contribution in [0.3, 0.4) is 0 Å². The Balaban J connectivity index is 1.51. The SMILES string of the molecule is CC(C)C[C@H](NC(=O)[C@H](CNS(=O)(=O)c1ccc(F)cc1)CC(=O)OC(C)(C)C)B1O[C@@H]2C[C@@H]3C[C@@H](C3(C)C)[C@]2(C)O1. The van der Waals surface area contributed by atoms with Gasteiger partial charge >= 0.3 is 13.1 Å². The number of esters is 1. The van der Waals surface area contributed by atoms with E-state index >= 15 is 0 Å². The van der Waals surface area contributed by atoms with Crippen LogP contribution in [0.4, 0.5) is 4.39 Å². The van der Waals surface area contributed by atoms with E-state index in [1.807, 2.05) is 13.8 Å². The summed E-state index contributed by atoms with van der Waals surface area (Å²) in [4.78, 5) is 26.4. The van der Waals surface area contributed by atoms with Crippen LogP contribution >= 0.6 is 0 Å². The maximum atomic E-state index is 13.7. The summed E-state index contributed by atoms with van der Waals surface area (Å²) in [5, 5.41) is 3.04. The van der Waals surface area contributed by atoms with Crippen LogP contribution in [0.2, 0.25) is 0 Å². The third kappa shape index (κ3) is 7.03. The van der Waals surface area contributed by atoms with Crippen LogP contribution in [0.5, 0.6) is 0 Å². The highest BCUT2D eigenvalue weighted by Gasteiger charge is 2.68. The van der Waals surface area contributed by atoms with E-state index in [0.717, 1.165) is 37.1 Å². The van der Waals surface area contributed by atoms with E-state index in [-0.39, 0.29) is 35.3 Å². The molecule has 0 aromatic heterocycles. The van der Waals surface area contributed by atoms with Crippen molar-refractivity contribution in [2.45, 2.75) is 109 Å². The number of nitrogens with one attached hydrogen (secondary N) is 2. The molecule has 0 spiro atoms. The summed E-state index contributed by atoms with van der Waals surface area (Å²) >= 11 is 0. The number of carbonyl (C=O) groups excluding carboxylic acids is 2. The Bertz CT molecular complexity index is 1270. The molecule has 5 rings (SSSR count). The van der Waals surface area contributed by atoms with Crippen molar-refractivity contribution < 1.29 is 36.4 Å². The number of carbonyl (C=O) groups is 2. The average molecular weight is 609 g/mol. The van der Waals surface area contributed by atoms with Gasteiger partial charge in [0.2, 0.25) is 15.9 Å². The molecule has 1 amide bonds. The Morgan fingerprint density at radius 1 is 1.14 bits per heavy atom. The zero-order chi connectivity index (χ0) is 31.3. The van der Waals surface area contributed by atoms with E-state index in [9.17, 15) is 22.4 Å². The lowest BCUT2D eigenvalue weighted by molar-refractivity contribution is -0.199. The molecule has 6 atom stereocenters. The first-order valence-corrected chi connectivity index (χ1v) is 16.4. The fourth-order valence-electron chi connectivity index (χ4n) is 6.87. The number of benzene rings is 1. The molecule has 4 aliphatic rings. The third-order valence-electron chi connectivity index (χ3n) is 9.20. The topological polar surface area (TPSA) is 120 Å². The number of amides is 1. The maximum Gasteiger partial charge on any atom is 0.481 e. The summed E-state index contributed by atoms with van der Waals surface area (Å²) in [5.74, 6) is -2.15. The fraction of sp³-hybridized carbons (Fsp3) is 0.733. The molecule has 9 nitrogen and oxygen atoms in total. The Morgan fingerprint density at radius 2 is 1.79 bits per heavy atom. The summed E-state index contributed by atoms with van der Waals surface area (Å²) in [7, 11) is -4.74. The van der Waals surface area contributed by atoms with E-state index in [2.05, 4.69) is 30.8 Å². The molecule has 3 saturated carbocycles. The largest absolute Gasteiger partial charge is 0.481 e. The minimum Gasteiger partial charge on any atom is -0.460 e. The molecule has 1 heterocycles. The molecule has 234 valence electrons. The quantitative estimate of drug-likeness (QED) is 0.285. The van der Waals surface area contributed by atoms with Gasteiger partial charge in [0.05, 0.1) is 34.9 Å². The maximum absolute atomic E-state index is 13.7. The second kappa shape index (κ2) is 11.8. The van der Waals surface area contributed by atoms with Gasteiger partial charge in [-0.05, 0) is 94.4 Å². The van der Waals surface area contributed by atoms with Gasteiger partial charge in [0, 0.05) is 6.54 Å². The molecular formula is C30H46BFN2O7S. The summed E-state index contributed by atoms with van der Waals surface area (Å²) in [5.41, 5.74) is -1.07. The normalized spacial score (nSPS) is 28.0. The molecular weight excluding hydrogens is 562 g/mol. The van der Waals surface area contributed by atoms with Crippen LogP contribution in [0.1, 0.15) is 81.1 Å². The zero-order valence-electron chi connectivity index (χ0n) is 26.0. The van der Waals surface area contributed by atoms with Crippen molar-refractivity contribution in [1.29, 1.82) is 0 Å². The van der Waals surface area contributed by atoms with Gasteiger partial charge in [0.15, 0.2) is 0 Å².